The Hall–Kier alpha value is -2.47. The molecule has 10 nitrogen and oxygen atoms in total. The summed E-state index contributed by atoms with van der Waals surface area (Å²) in [5.41, 5.74) is 1.61. The zero-order valence-corrected chi connectivity index (χ0v) is 23.2. The molecule has 4 rings (SSSR count). The van der Waals surface area contributed by atoms with Gasteiger partial charge in [0.15, 0.2) is 0 Å². The summed E-state index contributed by atoms with van der Waals surface area (Å²) in [6, 6.07) is 5.44. The number of carbonyl (C=O) groups is 1. The average molecular weight is 551 g/mol. The zero-order valence-electron chi connectivity index (χ0n) is 21.6. The van der Waals surface area contributed by atoms with E-state index < -0.39 is 10.0 Å². The second kappa shape index (κ2) is 11.9. The van der Waals surface area contributed by atoms with Crippen LogP contribution in [0.5, 0.6) is 0 Å². The molecule has 1 fully saturated rings. The number of aromatic nitrogens is 2. The van der Waals surface area contributed by atoms with E-state index >= 15 is 0 Å². The third kappa shape index (κ3) is 6.90. The minimum Gasteiger partial charge on any atom is -0.378 e. The zero-order chi connectivity index (χ0) is 26.6. The number of halogens is 1. The Labute approximate surface area is 224 Å². The standard InChI is InChI=1S/C25H35ClN6O4S/c1-19(2)29-7-4-8-32(37(3,34)35)23-15-22(26)6-5-20(23)18-31(10-9-29)24(33)21-16-27-25(28-17-21)30-11-13-36-14-12-30/h5-6,15-17,19H,4,7-14,18H2,1-3H3. The van der Waals surface area contributed by atoms with Gasteiger partial charge in [0.1, 0.15) is 0 Å². The quantitative estimate of drug-likeness (QED) is 0.572. The number of sulfonamides is 1. The lowest BCUT2D eigenvalue weighted by atomic mass is 10.1. The van der Waals surface area contributed by atoms with E-state index in [1.807, 2.05) is 4.90 Å². The van der Waals surface area contributed by atoms with Crippen molar-refractivity contribution in [3.05, 3.63) is 46.7 Å². The Morgan fingerprint density at radius 1 is 1.03 bits per heavy atom. The van der Waals surface area contributed by atoms with Crippen molar-refractivity contribution in [2.45, 2.75) is 32.9 Å². The third-order valence-electron chi connectivity index (χ3n) is 6.74. The maximum absolute atomic E-state index is 13.7. The number of anilines is 2. The lowest BCUT2D eigenvalue weighted by molar-refractivity contribution is 0.0711. The maximum Gasteiger partial charge on any atom is 0.257 e. The number of nitrogens with zero attached hydrogens (tertiary/aromatic N) is 6. The SMILES string of the molecule is CC(C)N1CCCN(S(C)(=O)=O)c2cc(Cl)ccc2CN(C(=O)c2cnc(N3CCOCC3)nc2)CC1. The molecule has 0 radical (unpaired) electrons. The van der Waals surface area contributed by atoms with Gasteiger partial charge in [-0.3, -0.25) is 14.0 Å². The number of hydrogen-bond donors (Lipinski definition) is 0. The molecule has 0 bridgehead atoms. The summed E-state index contributed by atoms with van der Waals surface area (Å²) in [5, 5.41) is 0.441. The minimum absolute atomic E-state index is 0.205. The van der Waals surface area contributed by atoms with Crippen molar-refractivity contribution in [3.8, 4) is 0 Å². The summed E-state index contributed by atoms with van der Waals surface area (Å²) >= 11 is 6.29. The van der Waals surface area contributed by atoms with Gasteiger partial charge in [-0.2, -0.15) is 0 Å². The van der Waals surface area contributed by atoms with E-state index in [-0.39, 0.29) is 18.5 Å². The molecule has 0 unspecified atom stereocenters. The number of benzene rings is 1. The largest absolute Gasteiger partial charge is 0.378 e. The number of rotatable bonds is 4. The van der Waals surface area contributed by atoms with Crippen LogP contribution >= 0.6 is 11.6 Å². The Morgan fingerprint density at radius 3 is 2.38 bits per heavy atom. The molecule has 0 atom stereocenters. The number of morpholine rings is 1. The fraction of sp³-hybridized carbons (Fsp3) is 0.560. The molecule has 0 N–H and O–H groups in total. The number of ether oxygens (including phenoxy) is 1. The van der Waals surface area contributed by atoms with Crippen LogP contribution in [0, 0.1) is 0 Å². The van der Waals surface area contributed by atoms with Crippen molar-refractivity contribution < 1.29 is 17.9 Å². The highest BCUT2D eigenvalue weighted by molar-refractivity contribution is 7.92. The van der Waals surface area contributed by atoms with E-state index in [1.165, 1.54) is 10.6 Å². The molecule has 2 aliphatic rings. The van der Waals surface area contributed by atoms with Gasteiger partial charge >= 0.3 is 0 Å². The molecule has 1 aromatic carbocycles. The molecule has 0 saturated carbocycles. The van der Waals surface area contributed by atoms with Gasteiger partial charge in [-0.15, -0.1) is 0 Å². The van der Waals surface area contributed by atoms with Crippen molar-refractivity contribution in [2.24, 2.45) is 0 Å². The highest BCUT2D eigenvalue weighted by atomic mass is 35.5. The second-order valence-corrected chi connectivity index (χ2v) is 12.0. The molecule has 3 heterocycles. The topological polar surface area (TPSA) is 99.2 Å². The molecule has 12 heteroatoms. The first-order valence-corrected chi connectivity index (χ1v) is 14.8. The molecule has 1 aromatic heterocycles. The summed E-state index contributed by atoms with van der Waals surface area (Å²) in [7, 11) is -3.56. The molecule has 2 aromatic rings. The highest BCUT2D eigenvalue weighted by Gasteiger charge is 2.26. The van der Waals surface area contributed by atoms with Crippen LogP contribution in [0.4, 0.5) is 11.6 Å². The minimum atomic E-state index is -3.56. The van der Waals surface area contributed by atoms with E-state index in [0.29, 0.717) is 86.7 Å². The van der Waals surface area contributed by atoms with Gasteiger partial charge in [0.05, 0.1) is 30.7 Å². The maximum atomic E-state index is 13.7. The molecule has 0 spiro atoms. The van der Waals surface area contributed by atoms with Gasteiger partial charge in [0.25, 0.3) is 5.91 Å². The number of amides is 1. The Balaban J connectivity index is 1.66. The Bertz CT molecular complexity index is 1190. The Kier molecular flexibility index (Phi) is 8.89. The van der Waals surface area contributed by atoms with Crippen LogP contribution in [0.3, 0.4) is 0 Å². The Morgan fingerprint density at radius 2 is 1.73 bits per heavy atom. The molecular weight excluding hydrogens is 516 g/mol. The first-order valence-electron chi connectivity index (χ1n) is 12.6. The fourth-order valence-corrected chi connectivity index (χ4v) is 5.82. The monoisotopic (exact) mass is 550 g/mol. The van der Waals surface area contributed by atoms with E-state index in [1.54, 1.807) is 35.5 Å². The van der Waals surface area contributed by atoms with Crippen LogP contribution in [0.25, 0.3) is 0 Å². The third-order valence-corrected chi connectivity index (χ3v) is 8.15. The van der Waals surface area contributed by atoms with Crippen LogP contribution in [-0.4, -0.2) is 98.9 Å². The first kappa shape index (κ1) is 27.6. The predicted molar refractivity (Wildman–Crippen MR) is 145 cm³/mol. The van der Waals surface area contributed by atoms with E-state index in [4.69, 9.17) is 16.3 Å². The van der Waals surface area contributed by atoms with Crippen molar-refractivity contribution in [2.75, 3.05) is 67.9 Å². The molecule has 1 saturated heterocycles. The summed E-state index contributed by atoms with van der Waals surface area (Å²) in [4.78, 5) is 28.6. The lowest BCUT2D eigenvalue weighted by Crippen LogP contribution is -2.41. The highest BCUT2D eigenvalue weighted by Crippen LogP contribution is 2.29. The summed E-state index contributed by atoms with van der Waals surface area (Å²) in [6.07, 6.45) is 4.99. The number of carbonyl (C=O) groups excluding carboxylic acids is 1. The van der Waals surface area contributed by atoms with Gasteiger partial charge in [-0.25, -0.2) is 18.4 Å². The molecule has 37 heavy (non-hydrogen) atoms. The van der Waals surface area contributed by atoms with Crippen molar-refractivity contribution in [1.82, 2.24) is 19.8 Å². The second-order valence-electron chi connectivity index (χ2n) is 9.69. The van der Waals surface area contributed by atoms with Gasteiger partial charge in [-0.1, -0.05) is 17.7 Å². The van der Waals surface area contributed by atoms with Crippen LogP contribution in [0.15, 0.2) is 30.6 Å². The van der Waals surface area contributed by atoms with E-state index in [2.05, 4.69) is 28.7 Å². The number of fused-ring (bicyclic) bond motifs is 1. The van der Waals surface area contributed by atoms with Crippen LogP contribution in [0.2, 0.25) is 5.02 Å². The van der Waals surface area contributed by atoms with Gasteiger partial charge in [0.2, 0.25) is 16.0 Å². The van der Waals surface area contributed by atoms with Crippen molar-refractivity contribution >= 4 is 39.2 Å². The average Bonchev–Trinajstić information content (AvgIpc) is 2.91. The molecule has 202 valence electrons. The van der Waals surface area contributed by atoms with Gasteiger partial charge in [0, 0.05) is 69.3 Å². The smallest absolute Gasteiger partial charge is 0.257 e. The predicted octanol–water partition coefficient (Wildman–Crippen LogP) is 2.49. The lowest BCUT2D eigenvalue weighted by Gasteiger charge is -2.30. The molecule has 2 aliphatic heterocycles. The summed E-state index contributed by atoms with van der Waals surface area (Å²) in [6.45, 7) is 9.28. The van der Waals surface area contributed by atoms with Crippen LogP contribution < -0.4 is 9.21 Å². The van der Waals surface area contributed by atoms with E-state index in [9.17, 15) is 13.2 Å². The summed E-state index contributed by atoms with van der Waals surface area (Å²) < 4.78 is 32.4. The van der Waals surface area contributed by atoms with Gasteiger partial charge < -0.3 is 14.5 Å². The normalized spacial score (nSPS) is 18.5. The van der Waals surface area contributed by atoms with Crippen molar-refractivity contribution in [1.29, 1.82) is 0 Å². The van der Waals surface area contributed by atoms with Crippen LogP contribution in [0.1, 0.15) is 36.2 Å². The van der Waals surface area contributed by atoms with Gasteiger partial charge in [-0.05, 0) is 38.0 Å². The van der Waals surface area contributed by atoms with E-state index in [0.717, 1.165) is 0 Å². The summed E-state index contributed by atoms with van der Waals surface area (Å²) in [5.74, 6) is 0.371. The fourth-order valence-electron chi connectivity index (χ4n) is 4.66. The van der Waals surface area contributed by atoms with Crippen molar-refractivity contribution in [3.63, 3.8) is 0 Å². The molecule has 0 aliphatic carbocycles. The van der Waals surface area contributed by atoms with Crippen LogP contribution in [-0.2, 0) is 21.3 Å². The molecular formula is C25H35ClN6O4S. The first-order chi connectivity index (χ1) is 17.6. The molecule has 1 amide bonds. The number of hydrogen-bond acceptors (Lipinski definition) is 8.